The Kier molecular flexibility index (Phi) is 5.38. The standard InChI is InChI=1S/C15H24N4O/c1-3-18(4-2)10-11-19-14-8-6-5-7-13(14)17-15(19)16-9-12-20/h5-8,20H,3-4,9-12H2,1-2H3,(H,16,17). The Hall–Kier alpha value is -1.59. The van der Waals surface area contributed by atoms with Crippen molar-refractivity contribution in [1.29, 1.82) is 0 Å². The number of hydrogen-bond acceptors (Lipinski definition) is 4. The number of anilines is 1. The maximum absolute atomic E-state index is 8.98. The van der Waals surface area contributed by atoms with E-state index >= 15 is 0 Å². The molecule has 2 rings (SSSR count). The molecule has 1 heterocycles. The minimum Gasteiger partial charge on any atom is -0.395 e. The van der Waals surface area contributed by atoms with E-state index in [1.54, 1.807) is 0 Å². The fourth-order valence-corrected chi connectivity index (χ4v) is 2.39. The van der Waals surface area contributed by atoms with Crippen LogP contribution in [0.25, 0.3) is 11.0 Å². The summed E-state index contributed by atoms with van der Waals surface area (Å²) < 4.78 is 2.20. The SMILES string of the molecule is CCN(CC)CCn1c(NCCO)nc2ccccc21. The van der Waals surface area contributed by atoms with Crippen LogP contribution in [0.3, 0.4) is 0 Å². The summed E-state index contributed by atoms with van der Waals surface area (Å²) in [4.78, 5) is 7.00. The number of nitrogens with zero attached hydrogens (tertiary/aromatic N) is 3. The van der Waals surface area contributed by atoms with E-state index in [-0.39, 0.29) is 6.61 Å². The van der Waals surface area contributed by atoms with Crippen molar-refractivity contribution < 1.29 is 5.11 Å². The van der Waals surface area contributed by atoms with Crippen molar-refractivity contribution in [1.82, 2.24) is 14.5 Å². The second kappa shape index (κ2) is 7.26. The van der Waals surface area contributed by atoms with Gasteiger partial charge >= 0.3 is 0 Å². The highest BCUT2D eigenvalue weighted by molar-refractivity contribution is 5.78. The summed E-state index contributed by atoms with van der Waals surface area (Å²) in [5, 5.41) is 12.2. The van der Waals surface area contributed by atoms with E-state index in [1.807, 2.05) is 18.2 Å². The van der Waals surface area contributed by atoms with Gasteiger partial charge < -0.3 is 19.9 Å². The average Bonchev–Trinajstić information content (AvgIpc) is 2.84. The van der Waals surface area contributed by atoms with Crippen molar-refractivity contribution in [3.8, 4) is 0 Å². The van der Waals surface area contributed by atoms with Crippen LogP contribution in [0.4, 0.5) is 5.95 Å². The third-order valence-electron chi connectivity index (χ3n) is 3.58. The molecule has 0 unspecified atom stereocenters. The number of benzene rings is 1. The van der Waals surface area contributed by atoms with Crippen LogP contribution in [-0.2, 0) is 6.54 Å². The summed E-state index contributed by atoms with van der Waals surface area (Å²) in [5.74, 6) is 0.840. The molecule has 0 bridgehead atoms. The number of aliphatic hydroxyl groups excluding tert-OH is 1. The molecule has 20 heavy (non-hydrogen) atoms. The monoisotopic (exact) mass is 276 g/mol. The molecule has 1 aromatic heterocycles. The van der Waals surface area contributed by atoms with E-state index in [9.17, 15) is 0 Å². The molecule has 2 N–H and O–H groups in total. The van der Waals surface area contributed by atoms with Crippen LogP contribution in [0, 0.1) is 0 Å². The number of para-hydroxylation sites is 2. The average molecular weight is 276 g/mol. The smallest absolute Gasteiger partial charge is 0.204 e. The molecule has 0 saturated carbocycles. The largest absolute Gasteiger partial charge is 0.395 e. The van der Waals surface area contributed by atoms with E-state index in [0.29, 0.717) is 6.54 Å². The zero-order chi connectivity index (χ0) is 14.4. The molecular formula is C15H24N4O. The maximum atomic E-state index is 8.98. The highest BCUT2D eigenvalue weighted by Crippen LogP contribution is 2.19. The van der Waals surface area contributed by atoms with Crippen molar-refractivity contribution in [3.63, 3.8) is 0 Å². The van der Waals surface area contributed by atoms with E-state index in [1.165, 1.54) is 0 Å². The van der Waals surface area contributed by atoms with Crippen LogP contribution in [0.5, 0.6) is 0 Å². The summed E-state index contributed by atoms with van der Waals surface area (Å²) in [7, 11) is 0. The van der Waals surface area contributed by atoms with Crippen LogP contribution in [0.2, 0.25) is 0 Å². The van der Waals surface area contributed by atoms with Gasteiger partial charge in [-0.15, -0.1) is 0 Å². The number of aromatic nitrogens is 2. The zero-order valence-electron chi connectivity index (χ0n) is 12.3. The van der Waals surface area contributed by atoms with Gasteiger partial charge in [0.1, 0.15) is 0 Å². The molecular weight excluding hydrogens is 252 g/mol. The zero-order valence-corrected chi connectivity index (χ0v) is 12.3. The van der Waals surface area contributed by atoms with Gasteiger partial charge in [-0.05, 0) is 25.2 Å². The molecule has 2 aromatic rings. The number of rotatable bonds is 8. The molecule has 0 atom stereocenters. The summed E-state index contributed by atoms with van der Waals surface area (Å²) >= 11 is 0. The number of nitrogens with one attached hydrogen (secondary N) is 1. The van der Waals surface area contributed by atoms with Gasteiger partial charge in [-0.2, -0.15) is 0 Å². The fourth-order valence-electron chi connectivity index (χ4n) is 2.39. The number of fused-ring (bicyclic) bond motifs is 1. The van der Waals surface area contributed by atoms with Crippen molar-refractivity contribution in [2.24, 2.45) is 0 Å². The third-order valence-corrected chi connectivity index (χ3v) is 3.58. The van der Waals surface area contributed by atoms with E-state index in [0.717, 1.165) is 43.2 Å². The molecule has 0 aliphatic heterocycles. The Morgan fingerprint density at radius 1 is 1.25 bits per heavy atom. The Morgan fingerprint density at radius 2 is 2.00 bits per heavy atom. The first-order valence-corrected chi connectivity index (χ1v) is 7.32. The lowest BCUT2D eigenvalue weighted by Crippen LogP contribution is -2.27. The summed E-state index contributed by atoms with van der Waals surface area (Å²) in [6.07, 6.45) is 0. The van der Waals surface area contributed by atoms with Crippen molar-refractivity contribution >= 4 is 17.0 Å². The number of likely N-dealkylation sites (N-methyl/N-ethyl adjacent to an activating group) is 1. The molecule has 5 heteroatoms. The second-order valence-corrected chi connectivity index (χ2v) is 4.75. The topological polar surface area (TPSA) is 53.3 Å². The Morgan fingerprint density at radius 3 is 2.70 bits per heavy atom. The minimum atomic E-state index is 0.110. The lowest BCUT2D eigenvalue weighted by atomic mass is 10.3. The summed E-state index contributed by atoms with van der Waals surface area (Å²) in [6.45, 7) is 9.01. The molecule has 0 aliphatic carbocycles. The first kappa shape index (κ1) is 14.8. The lowest BCUT2D eigenvalue weighted by Gasteiger charge is -2.19. The minimum absolute atomic E-state index is 0.110. The van der Waals surface area contributed by atoms with Crippen LogP contribution in [0.1, 0.15) is 13.8 Å². The normalized spacial score (nSPS) is 11.4. The first-order chi connectivity index (χ1) is 9.80. The summed E-state index contributed by atoms with van der Waals surface area (Å²) in [6, 6.07) is 8.15. The molecule has 0 fully saturated rings. The van der Waals surface area contributed by atoms with Crippen molar-refractivity contribution in [2.75, 3.05) is 38.1 Å². The quantitative estimate of drug-likeness (QED) is 0.772. The molecule has 0 spiro atoms. The Balaban J connectivity index is 2.23. The van der Waals surface area contributed by atoms with Gasteiger partial charge in [0.15, 0.2) is 0 Å². The van der Waals surface area contributed by atoms with E-state index in [2.05, 4.69) is 39.7 Å². The third kappa shape index (κ3) is 3.29. The van der Waals surface area contributed by atoms with Gasteiger partial charge in [0.25, 0.3) is 0 Å². The predicted molar refractivity (Wildman–Crippen MR) is 83.1 cm³/mol. The molecule has 0 aliphatic rings. The second-order valence-electron chi connectivity index (χ2n) is 4.75. The van der Waals surface area contributed by atoms with Gasteiger partial charge in [-0.25, -0.2) is 4.98 Å². The number of aliphatic hydroxyl groups is 1. The summed E-state index contributed by atoms with van der Waals surface area (Å²) in [5.41, 5.74) is 2.13. The van der Waals surface area contributed by atoms with Gasteiger partial charge in [-0.3, -0.25) is 0 Å². The van der Waals surface area contributed by atoms with Gasteiger partial charge in [0.2, 0.25) is 5.95 Å². The van der Waals surface area contributed by atoms with E-state index < -0.39 is 0 Å². The highest BCUT2D eigenvalue weighted by atomic mass is 16.3. The fraction of sp³-hybridized carbons (Fsp3) is 0.533. The number of imidazole rings is 1. The van der Waals surface area contributed by atoms with Crippen LogP contribution >= 0.6 is 0 Å². The Bertz CT molecular complexity index is 534. The molecule has 0 saturated heterocycles. The molecule has 0 radical (unpaired) electrons. The molecule has 1 aromatic carbocycles. The van der Waals surface area contributed by atoms with Gasteiger partial charge in [-0.1, -0.05) is 26.0 Å². The van der Waals surface area contributed by atoms with Gasteiger partial charge in [0, 0.05) is 19.6 Å². The van der Waals surface area contributed by atoms with Crippen molar-refractivity contribution in [3.05, 3.63) is 24.3 Å². The van der Waals surface area contributed by atoms with Crippen molar-refractivity contribution in [2.45, 2.75) is 20.4 Å². The number of hydrogen-bond donors (Lipinski definition) is 2. The van der Waals surface area contributed by atoms with Crippen LogP contribution < -0.4 is 5.32 Å². The lowest BCUT2D eigenvalue weighted by molar-refractivity contribution is 0.292. The predicted octanol–water partition coefficient (Wildman–Crippen LogP) is 1.78. The maximum Gasteiger partial charge on any atom is 0.204 e. The van der Waals surface area contributed by atoms with Crippen LogP contribution in [-0.4, -0.2) is 52.3 Å². The van der Waals surface area contributed by atoms with E-state index in [4.69, 9.17) is 5.11 Å². The van der Waals surface area contributed by atoms with Gasteiger partial charge in [0.05, 0.1) is 17.6 Å². The Labute approximate surface area is 120 Å². The highest BCUT2D eigenvalue weighted by Gasteiger charge is 2.10. The van der Waals surface area contributed by atoms with Crippen LogP contribution in [0.15, 0.2) is 24.3 Å². The first-order valence-electron chi connectivity index (χ1n) is 7.32. The molecule has 110 valence electrons. The molecule has 0 amide bonds. The molecule has 5 nitrogen and oxygen atoms in total.